The zero-order valence-electron chi connectivity index (χ0n) is 16.8. The van der Waals surface area contributed by atoms with Gasteiger partial charge in [-0.15, -0.1) is 0 Å². The van der Waals surface area contributed by atoms with E-state index in [4.69, 9.17) is 0 Å². The molecule has 1 heterocycles. The molecule has 2 rings (SSSR count). The molecule has 0 unspecified atom stereocenters. The molecule has 1 aliphatic rings. The minimum Gasteiger partial charge on any atom is -0.325 e. The monoisotopic (exact) mass is 468 g/mol. The first kappa shape index (κ1) is 24.6. The topological polar surface area (TPSA) is 107 Å². The Kier molecular flexibility index (Phi) is 8.27. The zero-order valence-corrected chi connectivity index (χ0v) is 18.4. The van der Waals surface area contributed by atoms with Gasteiger partial charge in [0.25, 0.3) is 10.2 Å². The first-order valence-corrected chi connectivity index (χ1v) is 12.4. The molecule has 9 nitrogen and oxygen atoms in total. The van der Waals surface area contributed by atoms with E-state index in [-0.39, 0.29) is 31.2 Å². The molecule has 30 heavy (non-hydrogen) atoms. The highest BCUT2D eigenvalue weighted by Crippen LogP contribution is 2.20. The zero-order chi connectivity index (χ0) is 22.5. The lowest BCUT2D eigenvalue weighted by molar-refractivity contribution is -0.117. The van der Waals surface area contributed by atoms with Crippen LogP contribution in [0.15, 0.2) is 29.2 Å². The van der Waals surface area contributed by atoms with Crippen LogP contribution in [-0.2, 0) is 24.8 Å². The molecular weight excluding hydrogens is 442 g/mol. The smallest absolute Gasteiger partial charge is 0.325 e. The second kappa shape index (κ2) is 10.1. The van der Waals surface area contributed by atoms with Crippen LogP contribution in [0.3, 0.4) is 0 Å². The van der Waals surface area contributed by atoms with Crippen LogP contribution >= 0.6 is 0 Å². The number of carbonyl (C=O) groups is 1. The molecule has 1 aromatic rings. The third kappa shape index (κ3) is 5.72. The maximum atomic E-state index is 12.5. The summed E-state index contributed by atoms with van der Waals surface area (Å²) in [5.41, 5.74) is 0.274. The Morgan fingerprint density at radius 2 is 1.57 bits per heavy atom. The Balaban J connectivity index is 1.89. The standard InChI is InChI=1S/C17H26F2N4O5S2/c1-3-22(4-2)30(27,28)23-11-9-21(10-12-23)13-16(24)20-14-5-7-15(8-6-14)29(25,26)17(18)19/h5-8,17H,3-4,9-13H2,1-2H3,(H,20,24). The van der Waals surface area contributed by atoms with Gasteiger partial charge >= 0.3 is 5.76 Å². The van der Waals surface area contributed by atoms with E-state index < -0.39 is 30.7 Å². The van der Waals surface area contributed by atoms with E-state index in [1.165, 1.54) is 20.7 Å². The van der Waals surface area contributed by atoms with Crippen molar-refractivity contribution in [3.63, 3.8) is 0 Å². The number of amides is 1. The largest absolute Gasteiger partial charge is 0.341 e. The molecule has 13 heteroatoms. The summed E-state index contributed by atoms with van der Waals surface area (Å²) >= 11 is 0. The van der Waals surface area contributed by atoms with Gasteiger partial charge < -0.3 is 5.32 Å². The highest BCUT2D eigenvalue weighted by atomic mass is 32.2. The Labute approximate surface area is 175 Å². The van der Waals surface area contributed by atoms with Crippen molar-refractivity contribution in [2.45, 2.75) is 24.5 Å². The second-order valence-corrected chi connectivity index (χ2v) is 10.5. The summed E-state index contributed by atoms with van der Waals surface area (Å²) < 4.78 is 75.7. The SMILES string of the molecule is CCN(CC)S(=O)(=O)N1CCN(CC(=O)Nc2ccc(S(=O)(=O)C(F)F)cc2)CC1. The van der Waals surface area contributed by atoms with Gasteiger partial charge in [-0.2, -0.15) is 25.8 Å². The van der Waals surface area contributed by atoms with Crippen LogP contribution in [0, 0.1) is 0 Å². The van der Waals surface area contributed by atoms with Crippen molar-refractivity contribution < 1.29 is 30.4 Å². The number of halogens is 2. The number of hydrogen-bond acceptors (Lipinski definition) is 6. The number of piperazine rings is 1. The summed E-state index contributed by atoms with van der Waals surface area (Å²) in [6.45, 7) is 5.67. The molecule has 1 amide bonds. The van der Waals surface area contributed by atoms with Gasteiger partial charge in [-0.3, -0.25) is 9.69 Å². The van der Waals surface area contributed by atoms with Crippen molar-refractivity contribution in [1.82, 2.24) is 13.5 Å². The molecule has 0 spiro atoms. The Bertz CT molecular complexity index is 927. The lowest BCUT2D eigenvalue weighted by Crippen LogP contribution is -2.54. The first-order valence-electron chi connectivity index (χ1n) is 9.41. The van der Waals surface area contributed by atoms with E-state index in [1.54, 1.807) is 18.7 Å². The van der Waals surface area contributed by atoms with Crippen LogP contribution in [-0.4, -0.2) is 87.8 Å². The quantitative estimate of drug-likeness (QED) is 0.575. The number of rotatable bonds is 9. The molecular formula is C17H26F2N4O5S2. The molecule has 1 N–H and O–H groups in total. The minimum atomic E-state index is -4.68. The normalized spacial score (nSPS) is 16.9. The minimum absolute atomic E-state index is 0.0240. The number of carbonyl (C=O) groups excluding carboxylic acids is 1. The van der Waals surface area contributed by atoms with E-state index in [0.717, 1.165) is 12.1 Å². The summed E-state index contributed by atoms with van der Waals surface area (Å²) in [5.74, 6) is -3.89. The Hall–Kier alpha value is -1.67. The van der Waals surface area contributed by atoms with Gasteiger partial charge in [0.15, 0.2) is 0 Å². The molecule has 0 aliphatic carbocycles. The highest BCUT2D eigenvalue weighted by molar-refractivity contribution is 7.91. The van der Waals surface area contributed by atoms with E-state index >= 15 is 0 Å². The average Bonchev–Trinajstić information content (AvgIpc) is 2.69. The predicted molar refractivity (Wildman–Crippen MR) is 108 cm³/mol. The molecule has 0 atom stereocenters. The maximum Gasteiger partial charge on any atom is 0.341 e. The van der Waals surface area contributed by atoms with Crippen LogP contribution in [0.2, 0.25) is 0 Å². The van der Waals surface area contributed by atoms with Crippen LogP contribution in [0.1, 0.15) is 13.8 Å². The third-order valence-corrected chi connectivity index (χ3v) is 8.34. The van der Waals surface area contributed by atoms with Crippen molar-refractivity contribution in [2.24, 2.45) is 0 Å². The molecule has 0 saturated carbocycles. The van der Waals surface area contributed by atoms with Gasteiger partial charge in [0.2, 0.25) is 15.7 Å². The predicted octanol–water partition coefficient (Wildman–Crippen LogP) is 0.826. The second-order valence-electron chi connectivity index (χ2n) is 6.65. The van der Waals surface area contributed by atoms with Crippen molar-refractivity contribution in [1.29, 1.82) is 0 Å². The fourth-order valence-corrected chi connectivity index (χ4v) is 5.39. The van der Waals surface area contributed by atoms with Gasteiger partial charge in [0.1, 0.15) is 0 Å². The summed E-state index contributed by atoms with van der Waals surface area (Å²) in [4.78, 5) is 13.5. The fraction of sp³-hybridized carbons (Fsp3) is 0.588. The van der Waals surface area contributed by atoms with E-state index in [2.05, 4.69) is 5.32 Å². The molecule has 0 bridgehead atoms. The van der Waals surface area contributed by atoms with Crippen LogP contribution in [0.5, 0.6) is 0 Å². The fourth-order valence-electron chi connectivity index (χ4n) is 3.07. The van der Waals surface area contributed by atoms with Crippen LogP contribution < -0.4 is 5.32 Å². The molecule has 170 valence electrons. The van der Waals surface area contributed by atoms with Gasteiger partial charge in [0.05, 0.1) is 11.4 Å². The number of alkyl halides is 2. The van der Waals surface area contributed by atoms with Gasteiger partial charge in [-0.25, -0.2) is 8.42 Å². The van der Waals surface area contributed by atoms with Crippen molar-refractivity contribution in [3.8, 4) is 0 Å². The number of nitrogens with one attached hydrogen (secondary N) is 1. The summed E-state index contributed by atoms with van der Waals surface area (Å²) in [5, 5.41) is 2.57. The van der Waals surface area contributed by atoms with Crippen molar-refractivity contribution in [2.75, 3.05) is 51.1 Å². The summed E-state index contributed by atoms with van der Waals surface area (Å²) in [6, 6.07) is 4.49. The van der Waals surface area contributed by atoms with Crippen molar-refractivity contribution >= 4 is 31.6 Å². The first-order chi connectivity index (χ1) is 14.0. The average molecular weight is 469 g/mol. The van der Waals surface area contributed by atoms with Crippen LogP contribution in [0.25, 0.3) is 0 Å². The molecule has 1 aromatic carbocycles. The lowest BCUT2D eigenvalue weighted by Gasteiger charge is -2.35. The van der Waals surface area contributed by atoms with Crippen LogP contribution in [0.4, 0.5) is 14.5 Å². The molecule has 0 aromatic heterocycles. The van der Waals surface area contributed by atoms with E-state index in [9.17, 15) is 30.4 Å². The number of nitrogens with zero attached hydrogens (tertiary/aromatic N) is 3. The highest BCUT2D eigenvalue weighted by Gasteiger charge is 2.31. The van der Waals surface area contributed by atoms with Gasteiger partial charge in [-0.1, -0.05) is 13.8 Å². The third-order valence-electron chi connectivity index (χ3n) is 4.76. The van der Waals surface area contributed by atoms with E-state index in [1.807, 2.05) is 0 Å². The molecule has 1 fully saturated rings. The molecule has 1 saturated heterocycles. The lowest BCUT2D eigenvalue weighted by atomic mass is 10.3. The number of sulfone groups is 1. The summed E-state index contributed by atoms with van der Waals surface area (Å²) in [7, 11) is -8.19. The Morgan fingerprint density at radius 1 is 1.03 bits per heavy atom. The maximum absolute atomic E-state index is 12.5. The number of anilines is 1. The van der Waals surface area contributed by atoms with Crippen molar-refractivity contribution in [3.05, 3.63) is 24.3 Å². The summed E-state index contributed by atoms with van der Waals surface area (Å²) in [6.07, 6.45) is 0. The van der Waals surface area contributed by atoms with E-state index in [0.29, 0.717) is 26.2 Å². The number of hydrogen-bond donors (Lipinski definition) is 1. The van der Waals surface area contributed by atoms with Gasteiger partial charge in [-0.05, 0) is 24.3 Å². The molecule has 0 radical (unpaired) electrons. The van der Waals surface area contributed by atoms with Gasteiger partial charge in [0, 0.05) is 45.0 Å². The molecule has 1 aliphatic heterocycles. The Morgan fingerprint density at radius 3 is 2.03 bits per heavy atom. The number of benzene rings is 1.